The van der Waals surface area contributed by atoms with Crippen molar-refractivity contribution in [3.63, 3.8) is 0 Å². The number of carbonyl (C=O) groups is 1. The van der Waals surface area contributed by atoms with Crippen LogP contribution in [-0.2, 0) is 11.3 Å². The highest BCUT2D eigenvalue weighted by Crippen LogP contribution is 2.08. The molecule has 0 aliphatic heterocycles. The largest absolute Gasteiger partial charge is 0.336 e. The Hall–Kier alpha value is -1.92. The average molecular weight is 325 g/mol. The van der Waals surface area contributed by atoms with E-state index in [0.29, 0.717) is 49.2 Å². The normalized spacial score (nSPS) is 10.3. The topological polar surface area (TPSA) is 92.1 Å². The molecule has 1 heterocycles. The zero-order valence-electron chi connectivity index (χ0n) is 12.5. The van der Waals surface area contributed by atoms with E-state index in [9.17, 15) is 9.59 Å². The van der Waals surface area contributed by atoms with Crippen molar-refractivity contribution in [1.82, 2.24) is 14.9 Å². The van der Waals surface area contributed by atoms with Crippen molar-refractivity contribution in [2.45, 2.75) is 26.3 Å². The third-order valence-electron chi connectivity index (χ3n) is 3.33. The molecular weight excluding hydrogens is 304 g/mol. The van der Waals surface area contributed by atoms with Gasteiger partial charge in [0.1, 0.15) is 5.82 Å². The van der Waals surface area contributed by atoms with Crippen molar-refractivity contribution in [2.24, 2.45) is 5.73 Å². The fraction of sp³-hybridized carbons (Fsp3) is 0.400. The lowest BCUT2D eigenvalue weighted by molar-refractivity contribution is -0.131. The van der Waals surface area contributed by atoms with Gasteiger partial charge >= 0.3 is 0 Å². The molecule has 1 aromatic carbocycles. The van der Waals surface area contributed by atoms with Crippen LogP contribution in [0.1, 0.15) is 25.6 Å². The van der Waals surface area contributed by atoms with Crippen LogP contribution < -0.4 is 11.3 Å². The van der Waals surface area contributed by atoms with Crippen LogP contribution in [0.15, 0.2) is 29.1 Å². The Morgan fingerprint density at radius 1 is 1.36 bits per heavy atom. The molecule has 0 atom stereocenters. The van der Waals surface area contributed by atoms with Crippen LogP contribution in [-0.4, -0.2) is 33.9 Å². The molecule has 0 spiro atoms. The van der Waals surface area contributed by atoms with Crippen molar-refractivity contribution in [3.8, 4) is 0 Å². The van der Waals surface area contributed by atoms with E-state index in [1.54, 1.807) is 23.1 Å². The fourth-order valence-corrected chi connectivity index (χ4v) is 2.18. The van der Waals surface area contributed by atoms with Gasteiger partial charge in [0.05, 0.1) is 17.4 Å². The molecule has 0 aliphatic rings. The number of nitrogens with zero attached hydrogens (tertiary/aromatic N) is 2. The van der Waals surface area contributed by atoms with Crippen molar-refractivity contribution in [3.05, 3.63) is 40.4 Å². The fourth-order valence-electron chi connectivity index (χ4n) is 2.18. The number of nitrogens with one attached hydrogen (secondary N) is 1. The highest BCUT2D eigenvalue weighted by Gasteiger charge is 2.13. The predicted octanol–water partition coefficient (Wildman–Crippen LogP) is 1.43. The second-order valence-electron chi connectivity index (χ2n) is 4.83. The number of benzene rings is 1. The number of nitrogens with two attached hydrogens (primary N) is 1. The Balaban J connectivity index is 0.00000242. The van der Waals surface area contributed by atoms with Gasteiger partial charge in [0.2, 0.25) is 5.91 Å². The van der Waals surface area contributed by atoms with E-state index in [4.69, 9.17) is 5.73 Å². The molecule has 0 unspecified atom stereocenters. The number of aromatic amines is 1. The number of fused-ring (bicyclic) bond motifs is 1. The first-order chi connectivity index (χ1) is 10.2. The molecule has 0 fully saturated rings. The summed E-state index contributed by atoms with van der Waals surface area (Å²) in [6.07, 6.45) is 1.08. The predicted molar refractivity (Wildman–Crippen MR) is 89.0 cm³/mol. The lowest BCUT2D eigenvalue weighted by Gasteiger charge is -2.20. The van der Waals surface area contributed by atoms with Gasteiger partial charge in [-0.3, -0.25) is 9.59 Å². The maximum absolute atomic E-state index is 12.0. The summed E-state index contributed by atoms with van der Waals surface area (Å²) >= 11 is 0. The third kappa shape index (κ3) is 4.29. The molecule has 2 aromatic rings. The zero-order valence-corrected chi connectivity index (χ0v) is 13.4. The number of hydrogen-bond acceptors (Lipinski definition) is 4. The second kappa shape index (κ2) is 8.51. The number of rotatable bonds is 6. The van der Waals surface area contributed by atoms with Crippen molar-refractivity contribution < 1.29 is 4.79 Å². The summed E-state index contributed by atoms with van der Waals surface area (Å²) < 4.78 is 0. The molecule has 0 radical (unpaired) electrons. The van der Waals surface area contributed by atoms with Crippen molar-refractivity contribution in [2.75, 3.05) is 13.1 Å². The molecule has 6 nitrogen and oxygen atoms in total. The van der Waals surface area contributed by atoms with Crippen molar-refractivity contribution in [1.29, 1.82) is 0 Å². The molecule has 120 valence electrons. The van der Waals surface area contributed by atoms with Gasteiger partial charge in [-0.15, -0.1) is 12.4 Å². The molecule has 1 aromatic heterocycles. The Morgan fingerprint density at radius 2 is 2.09 bits per heavy atom. The summed E-state index contributed by atoms with van der Waals surface area (Å²) in [6, 6.07) is 7.16. The highest BCUT2D eigenvalue weighted by molar-refractivity contribution is 5.85. The first-order valence-corrected chi connectivity index (χ1v) is 7.11. The minimum atomic E-state index is -0.180. The van der Waals surface area contributed by atoms with Crippen LogP contribution >= 0.6 is 12.4 Å². The zero-order chi connectivity index (χ0) is 15.2. The maximum Gasteiger partial charge on any atom is 0.258 e. The van der Waals surface area contributed by atoms with Gasteiger partial charge in [-0.05, 0) is 32.0 Å². The summed E-state index contributed by atoms with van der Waals surface area (Å²) in [4.78, 5) is 32.9. The quantitative estimate of drug-likeness (QED) is 0.840. The Kier molecular flexibility index (Phi) is 7.01. The van der Waals surface area contributed by atoms with Gasteiger partial charge in [0.15, 0.2) is 0 Å². The molecule has 2 rings (SSSR count). The monoisotopic (exact) mass is 324 g/mol. The van der Waals surface area contributed by atoms with E-state index < -0.39 is 0 Å². The molecule has 22 heavy (non-hydrogen) atoms. The molecular formula is C15H21ClN4O2. The molecule has 0 aliphatic carbocycles. The average Bonchev–Trinajstić information content (AvgIpc) is 2.50. The van der Waals surface area contributed by atoms with E-state index in [2.05, 4.69) is 9.97 Å². The van der Waals surface area contributed by atoms with Crippen LogP contribution in [0.5, 0.6) is 0 Å². The number of hydrogen-bond donors (Lipinski definition) is 2. The summed E-state index contributed by atoms with van der Waals surface area (Å²) in [5.41, 5.74) is 5.88. The third-order valence-corrected chi connectivity index (χ3v) is 3.33. The molecule has 3 N–H and O–H groups in total. The number of para-hydroxylation sites is 1. The van der Waals surface area contributed by atoms with Gasteiger partial charge in [0, 0.05) is 13.0 Å². The Morgan fingerprint density at radius 3 is 2.77 bits per heavy atom. The number of H-pyrrole nitrogens is 1. The van der Waals surface area contributed by atoms with E-state index in [-0.39, 0.29) is 23.9 Å². The van der Waals surface area contributed by atoms with Gasteiger partial charge in [0.25, 0.3) is 5.56 Å². The lowest BCUT2D eigenvalue weighted by Crippen LogP contribution is -2.32. The molecule has 0 saturated heterocycles. The first kappa shape index (κ1) is 18.1. The number of carbonyl (C=O) groups excluding carboxylic acids is 1. The van der Waals surface area contributed by atoms with Crippen LogP contribution in [0.3, 0.4) is 0 Å². The molecule has 1 amide bonds. The van der Waals surface area contributed by atoms with Crippen LogP contribution in [0.4, 0.5) is 0 Å². The Bertz CT molecular complexity index is 687. The van der Waals surface area contributed by atoms with Crippen molar-refractivity contribution >= 4 is 29.2 Å². The van der Waals surface area contributed by atoms with Crippen LogP contribution in [0, 0.1) is 0 Å². The van der Waals surface area contributed by atoms with Gasteiger partial charge in [-0.25, -0.2) is 4.98 Å². The van der Waals surface area contributed by atoms with E-state index in [0.717, 1.165) is 0 Å². The summed E-state index contributed by atoms with van der Waals surface area (Å²) in [6.45, 7) is 3.27. The Labute approximate surface area is 135 Å². The SMILES string of the molecule is CCN(Cc1nc2ccccc2c(=O)[nH]1)C(=O)CCCN.Cl. The molecule has 0 bridgehead atoms. The number of aromatic nitrogens is 2. The smallest absolute Gasteiger partial charge is 0.258 e. The van der Waals surface area contributed by atoms with Crippen LogP contribution in [0.2, 0.25) is 0 Å². The summed E-state index contributed by atoms with van der Waals surface area (Å²) in [7, 11) is 0. The summed E-state index contributed by atoms with van der Waals surface area (Å²) in [5.74, 6) is 0.528. The van der Waals surface area contributed by atoms with Gasteiger partial charge in [-0.2, -0.15) is 0 Å². The summed E-state index contributed by atoms with van der Waals surface area (Å²) in [5, 5.41) is 0.554. The standard InChI is InChI=1S/C15H20N4O2.ClH/c1-2-19(14(20)8-5-9-16)10-13-17-12-7-4-3-6-11(12)15(21)18-13;/h3-4,6-7H,2,5,8-10,16H2,1H3,(H,17,18,21);1H. The second-order valence-corrected chi connectivity index (χ2v) is 4.83. The maximum atomic E-state index is 12.0. The highest BCUT2D eigenvalue weighted by atomic mass is 35.5. The minimum Gasteiger partial charge on any atom is -0.336 e. The molecule has 0 saturated carbocycles. The number of amides is 1. The number of halogens is 1. The first-order valence-electron chi connectivity index (χ1n) is 7.11. The van der Waals surface area contributed by atoms with Gasteiger partial charge < -0.3 is 15.6 Å². The lowest BCUT2D eigenvalue weighted by atomic mass is 10.2. The molecule has 7 heteroatoms. The van der Waals surface area contributed by atoms with Crippen LogP contribution in [0.25, 0.3) is 10.9 Å². The van der Waals surface area contributed by atoms with Gasteiger partial charge in [-0.1, -0.05) is 12.1 Å². The van der Waals surface area contributed by atoms with E-state index in [1.807, 2.05) is 13.0 Å². The minimum absolute atomic E-state index is 0. The van der Waals surface area contributed by atoms with E-state index >= 15 is 0 Å². The van der Waals surface area contributed by atoms with E-state index in [1.165, 1.54) is 0 Å².